The summed E-state index contributed by atoms with van der Waals surface area (Å²) in [5.74, 6) is 1.72. The number of nitrogens with one attached hydrogen (secondary N) is 2. The lowest BCUT2D eigenvalue weighted by Crippen LogP contribution is -2.48. The van der Waals surface area contributed by atoms with Gasteiger partial charge in [-0.2, -0.15) is 0 Å². The van der Waals surface area contributed by atoms with Crippen molar-refractivity contribution >= 4 is 0 Å². The Balaban J connectivity index is 1.71. The predicted molar refractivity (Wildman–Crippen MR) is 59.9 cm³/mol. The summed E-state index contributed by atoms with van der Waals surface area (Å²) in [5.41, 5.74) is 7.11. The van der Waals surface area contributed by atoms with Gasteiger partial charge in [0.1, 0.15) is 0 Å². The van der Waals surface area contributed by atoms with Gasteiger partial charge < -0.3 is 0 Å². The maximum Gasteiger partial charge on any atom is 0.0238 e. The van der Waals surface area contributed by atoms with Crippen LogP contribution in [-0.4, -0.2) is 12.1 Å². The molecule has 0 saturated heterocycles. The van der Waals surface area contributed by atoms with Crippen LogP contribution in [0.2, 0.25) is 0 Å². The van der Waals surface area contributed by atoms with Crippen LogP contribution in [-0.2, 0) is 0 Å². The van der Waals surface area contributed by atoms with Crippen molar-refractivity contribution in [1.82, 2.24) is 10.9 Å². The lowest BCUT2D eigenvalue weighted by atomic mass is 10.1. The fourth-order valence-corrected chi connectivity index (χ4v) is 2.93. The van der Waals surface area contributed by atoms with Crippen LogP contribution in [0, 0.1) is 11.8 Å². The minimum absolute atomic E-state index is 0.725. The first-order chi connectivity index (χ1) is 6.77. The lowest BCUT2D eigenvalue weighted by Gasteiger charge is -2.23. The molecule has 0 heterocycles. The second-order valence-electron chi connectivity index (χ2n) is 5.32. The standard InChI is InChI=1S/C12H24N2/c1-9-5-3-7-11(9)13-14-12-8-4-6-10(12)2/h9-14H,3-8H2,1-2H3/t9-,10?,11-,12?/m0/s1. The van der Waals surface area contributed by atoms with E-state index in [1.54, 1.807) is 0 Å². The van der Waals surface area contributed by atoms with Gasteiger partial charge in [0.05, 0.1) is 0 Å². The van der Waals surface area contributed by atoms with Crippen LogP contribution >= 0.6 is 0 Å². The largest absolute Gasteiger partial charge is 0.254 e. The Morgan fingerprint density at radius 3 is 1.43 bits per heavy atom. The molecule has 0 aromatic rings. The molecular formula is C12H24N2. The summed E-state index contributed by atoms with van der Waals surface area (Å²) in [4.78, 5) is 0. The minimum Gasteiger partial charge on any atom is -0.254 e. The van der Waals surface area contributed by atoms with Gasteiger partial charge >= 0.3 is 0 Å². The van der Waals surface area contributed by atoms with Crippen LogP contribution in [0.3, 0.4) is 0 Å². The highest BCUT2D eigenvalue weighted by atomic mass is 15.4. The number of hydrogen-bond acceptors (Lipinski definition) is 2. The van der Waals surface area contributed by atoms with Crippen molar-refractivity contribution in [1.29, 1.82) is 0 Å². The Morgan fingerprint density at radius 1 is 0.714 bits per heavy atom. The third kappa shape index (κ3) is 2.29. The Hall–Kier alpha value is -0.0800. The maximum atomic E-state index is 3.55. The van der Waals surface area contributed by atoms with E-state index in [1.807, 2.05) is 0 Å². The molecule has 2 aliphatic carbocycles. The number of hydrazine groups is 1. The summed E-state index contributed by atoms with van der Waals surface area (Å²) < 4.78 is 0. The van der Waals surface area contributed by atoms with Crippen molar-refractivity contribution in [2.24, 2.45) is 11.8 Å². The van der Waals surface area contributed by atoms with Crippen LogP contribution in [0.1, 0.15) is 52.4 Å². The fourth-order valence-electron chi connectivity index (χ4n) is 2.93. The van der Waals surface area contributed by atoms with Crippen molar-refractivity contribution < 1.29 is 0 Å². The molecule has 0 bridgehead atoms. The topological polar surface area (TPSA) is 24.1 Å². The van der Waals surface area contributed by atoms with Gasteiger partial charge in [-0.05, 0) is 37.5 Å². The van der Waals surface area contributed by atoms with Gasteiger partial charge in [0, 0.05) is 12.1 Å². The number of hydrogen-bond donors (Lipinski definition) is 2. The van der Waals surface area contributed by atoms with Gasteiger partial charge in [-0.25, -0.2) is 0 Å². The summed E-state index contributed by atoms with van der Waals surface area (Å²) >= 11 is 0. The highest BCUT2D eigenvalue weighted by molar-refractivity contribution is 4.83. The van der Waals surface area contributed by atoms with E-state index in [-0.39, 0.29) is 0 Å². The highest BCUT2D eigenvalue weighted by Gasteiger charge is 2.26. The molecule has 0 radical (unpaired) electrons. The summed E-state index contributed by atoms with van der Waals surface area (Å²) in [6.45, 7) is 4.73. The van der Waals surface area contributed by atoms with E-state index in [9.17, 15) is 0 Å². The molecule has 0 aromatic heterocycles. The van der Waals surface area contributed by atoms with Crippen LogP contribution < -0.4 is 10.9 Å². The monoisotopic (exact) mass is 196 g/mol. The summed E-state index contributed by atoms with van der Waals surface area (Å²) in [6, 6.07) is 1.45. The smallest absolute Gasteiger partial charge is 0.0238 e. The molecule has 2 heteroatoms. The first-order valence-corrected chi connectivity index (χ1v) is 6.28. The lowest BCUT2D eigenvalue weighted by molar-refractivity contribution is 0.304. The van der Waals surface area contributed by atoms with Gasteiger partial charge in [-0.3, -0.25) is 10.9 Å². The normalized spacial score (nSPS) is 43.3. The first kappa shape index (κ1) is 10.4. The zero-order valence-electron chi connectivity index (χ0n) is 9.55. The van der Waals surface area contributed by atoms with Crippen molar-refractivity contribution in [3.05, 3.63) is 0 Å². The zero-order valence-corrected chi connectivity index (χ0v) is 9.55. The third-order valence-corrected chi connectivity index (χ3v) is 4.18. The van der Waals surface area contributed by atoms with E-state index >= 15 is 0 Å². The molecular weight excluding hydrogens is 172 g/mol. The average molecular weight is 196 g/mol. The van der Waals surface area contributed by atoms with Crippen LogP contribution in [0.15, 0.2) is 0 Å². The molecule has 2 unspecified atom stereocenters. The third-order valence-electron chi connectivity index (χ3n) is 4.18. The quantitative estimate of drug-likeness (QED) is 0.678. The molecule has 0 spiro atoms. The zero-order chi connectivity index (χ0) is 9.97. The van der Waals surface area contributed by atoms with E-state index in [1.165, 1.54) is 38.5 Å². The molecule has 4 atom stereocenters. The van der Waals surface area contributed by atoms with E-state index in [4.69, 9.17) is 0 Å². The summed E-state index contributed by atoms with van der Waals surface area (Å²) in [7, 11) is 0. The van der Waals surface area contributed by atoms with Gasteiger partial charge in [0.25, 0.3) is 0 Å². The molecule has 14 heavy (non-hydrogen) atoms. The Bertz CT molecular complexity index is 161. The molecule has 82 valence electrons. The van der Waals surface area contributed by atoms with Gasteiger partial charge in [-0.15, -0.1) is 0 Å². The summed E-state index contributed by atoms with van der Waals surface area (Å²) in [5, 5.41) is 0. The minimum atomic E-state index is 0.725. The molecule has 2 N–H and O–H groups in total. The molecule has 0 aliphatic heterocycles. The van der Waals surface area contributed by atoms with Crippen LogP contribution in [0.4, 0.5) is 0 Å². The SMILES string of the molecule is CC1CCCC1NN[C@H]1CCC[C@@H]1C. The van der Waals surface area contributed by atoms with Crippen LogP contribution in [0.25, 0.3) is 0 Å². The van der Waals surface area contributed by atoms with Crippen molar-refractivity contribution in [2.75, 3.05) is 0 Å². The van der Waals surface area contributed by atoms with Crippen molar-refractivity contribution in [3.63, 3.8) is 0 Å². The van der Waals surface area contributed by atoms with E-state index in [2.05, 4.69) is 24.7 Å². The highest BCUT2D eigenvalue weighted by Crippen LogP contribution is 2.26. The molecule has 2 saturated carbocycles. The average Bonchev–Trinajstić information content (AvgIpc) is 2.72. The molecule has 2 rings (SSSR count). The van der Waals surface area contributed by atoms with Crippen molar-refractivity contribution in [3.8, 4) is 0 Å². The maximum absolute atomic E-state index is 3.55. The Morgan fingerprint density at radius 2 is 1.14 bits per heavy atom. The van der Waals surface area contributed by atoms with Crippen LogP contribution in [0.5, 0.6) is 0 Å². The van der Waals surface area contributed by atoms with Gasteiger partial charge in [0.2, 0.25) is 0 Å². The van der Waals surface area contributed by atoms with E-state index in [0.717, 1.165) is 23.9 Å². The van der Waals surface area contributed by atoms with Crippen molar-refractivity contribution in [2.45, 2.75) is 64.5 Å². The number of rotatable bonds is 3. The molecule has 0 amide bonds. The summed E-state index contributed by atoms with van der Waals surface area (Å²) in [6.07, 6.45) is 8.32. The Labute approximate surface area is 87.8 Å². The van der Waals surface area contributed by atoms with Gasteiger partial charge in [0.15, 0.2) is 0 Å². The molecule has 2 fully saturated rings. The fraction of sp³-hybridized carbons (Fsp3) is 1.00. The second kappa shape index (κ2) is 4.63. The molecule has 0 aromatic carbocycles. The van der Waals surface area contributed by atoms with Gasteiger partial charge in [-0.1, -0.05) is 26.7 Å². The molecule has 2 aliphatic rings. The van der Waals surface area contributed by atoms with E-state index in [0.29, 0.717) is 0 Å². The molecule has 2 nitrogen and oxygen atoms in total. The van der Waals surface area contributed by atoms with E-state index < -0.39 is 0 Å². The predicted octanol–water partition coefficient (Wildman–Crippen LogP) is 2.46. The first-order valence-electron chi connectivity index (χ1n) is 6.28. The Kier molecular flexibility index (Phi) is 3.45. The second-order valence-corrected chi connectivity index (χ2v) is 5.32.